The van der Waals surface area contributed by atoms with Gasteiger partial charge in [0.05, 0.1) is 32.0 Å². The lowest BCUT2D eigenvalue weighted by Gasteiger charge is -2.25. The van der Waals surface area contributed by atoms with E-state index in [0.29, 0.717) is 26.2 Å². The van der Waals surface area contributed by atoms with Crippen molar-refractivity contribution >= 4 is 5.97 Å². The molecule has 0 spiro atoms. The molecule has 0 saturated carbocycles. The minimum atomic E-state index is -1.01. The molecule has 0 aliphatic carbocycles. The highest BCUT2D eigenvalue weighted by Crippen LogP contribution is 2.13. The van der Waals surface area contributed by atoms with Gasteiger partial charge in [-0.2, -0.15) is 0 Å². The van der Waals surface area contributed by atoms with E-state index in [1.54, 1.807) is 13.8 Å². The molecule has 0 rings (SSSR count). The second-order valence-electron chi connectivity index (χ2n) is 4.94. The number of rotatable bonds is 9. The second-order valence-corrected chi connectivity index (χ2v) is 4.94. The fourth-order valence-corrected chi connectivity index (χ4v) is 1.57. The fraction of sp³-hybridized carbons (Fsp3) is 0.923. The largest absolute Gasteiger partial charge is 0.465 e. The molecule has 0 fully saturated rings. The van der Waals surface area contributed by atoms with Gasteiger partial charge in [0.1, 0.15) is 5.54 Å². The first-order chi connectivity index (χ1) is 8.29. The Morgan fingerprint density at radius 2 is 1.78 bits per heavy atom. The third kappa shape index (κ3) is 7.63. The van der Waals surface area contributed by atoms with Gasteiger partial charge in [-0.25, -0.2) is 0 Å². The number of esters is 1. The van der Waals surface area contributed by atoms with Gasteiger partial charge in [-0.1, -0.05) is 0 Å². The van der Waals surface area contributed by atoms with E-state index in [9.17, 15) is 4.79 Å². The van der Waals surface area contributed by atoms with Gasteiger partial charge in [0.2, 0.25) is 0 Å². The quantitative estimate of drug-likeness (QED) is 0.503. The van der Waals surface area contributed by atoms with E-state index in [1.165, 1.54) is 0 Å². The summed E-state index contributed by atoms with van der Waals surface area (Å²) in [6, 6.07) is 0. The molecule has 0 amide bonds. The molecule has 2 atom stereocenters. The normalized spacial score (nSPS) is 16.4. The summed E-state index contributed by atoms with van der Waals surface area (Å²) in [6.07, 6.45) is 0.511. The van der Waals surface area contributed by atoms with Gasteiger partial charge in [-0.15, -0.1) is 0 Å². The smallest absolute Gasteiger partial charge is 0.325 e. The first kappa shape index (κ1) is 17.4. The van der Waals surface area contributed by atoms with Gasteiger partial charge >= 0.3 is 5.97 Å². The molecule has 0 saturated heterocycles. The molecule has 0 aromatic carbocycles. The lowest BCUT2D eigenvalue weighted by atomic mass is 9.96. The average Bonchev–Trinajstić information content (AvgIpc) is 2.24. The molecule has 2 N–H and O–H groups in total. The first-order valence-electron chi connectivity index (χ1n) is 6.49. The predicted molar refractivity (Wildman–Crippen MR) is 70.3 cm³/mol. The Bertz CT molecular complexity index is 241. The van der Waals surface area contributed by atoms with Crippen LogP contribution in [-0.2, 0) is 19.0 Å². The number of hydrogen-bond acceptors (Lipinski definition) is 5. The van der Waals surface area contributed by atoms with Gasteiger partial charge in [-0.3, -0.25) is 4.79 Å². The number of nitrogens with two attached hydrogens (primary N) is 1. The van der Waals surface area contributed by atoms with Crippen molar-refractivity contribution in [3.63, 3.8) is 0 Å². The summed E-state index contributed by atoms with van der Waals surface area (Å²) in [7, 11) is 0. The molecule has 5 nitrogen and oxygen atoms in total. The molecule has 2 unspecified atom stereocenters. The lowest BCUT2D eigenvalue weighted by Crippen LogP contribution is -2.48. The number of hydrogen-bond donors (Lipinski definition) is 1. The van der Waals surface area contributed by atoms with Crippen molar-refractivity contribution < 1.29 is 19.0 Å². The summed E-state index contributed by atoms with van der Waals surface area (Å²) < 4.78 is 15.8. The summed E-state index contributed by atoms with van der Waals surface area (Å²) in [5.41, 5.74) is 4.91. The SMILES string of the molecule is CCOC(=O)C(C)(N)CC(C)OCCOC(C)C. The summed E-state index contributed by atoms with van der Waals surface area (Å²) in [4.78, 5) is 11.6. The van der Waals surface area contributed by atoms with Gasteiger partial charge in [0, 0.05) is 6.42 Å². The van der Waals surface area contributed by atoms with Gasteiger partial charge in [0.15, 0.2) is 0 Å². The van der Waals surface area contributed by atoms with Gasteiger partial charge < -0.3 is 19.9 Å². The van der Waals surface area contributed by atoms with Crippen LogP contribution in [0.5, 0.6) is 0 Å². The molecule has 0 aromatic rings. The Morgan fingerprint density at radius 1 is 1.22 bits per heavy atom. The lowest BCUT2D eigenvalue weighted by molar-refractivity contribution is -0.150. The zero-order valence-corrected chi connectivity index (χ0v) is 12.2. The van der Waals surface area contributed by atoms with Crippen molar-refractivity contribution in [2.24, 2.45) is 5.73 Å². The van der Waals surface area contributed by atoms with Crippen LogP contribution in [0.4, 0.5) is 0 Å². The van der Waals surface area contributed by atoms with Crippen LogP contribution < -0.4 is 5.73 Å². The van der Waals surface area contributed by atoms with Crippen molar-refractivity contribution in [2.45, 2.75) is 58.8 Å². The third-order valence-electron chi connectivity index (χ3n) is 2.39. The molecular formula is C13H27NO4. The van der Waals surface area contributed by atoms with E-state index in [1.807, 2.05) is 20.8 Å². The molecule has 0 radical (unpaired) electrons. The van der Waals surface area contributed by atoms with Gasteiger partial charge in [0.25, 0.3) is 0 Å². The monoisotopic (exact) mass is 261 g/mol. The maximum atomic E-state index is 11.6. The molecular weight excluding hydrogens is 234 g/mol. The summed E-state index contributed by atoms with van der Waals surface area (Å²) >= 11 is 0. The topological polar surface area (TPSA) is 70.8 Å². The minimum absolute atomic E-state index is 0.111. The number of ether oxygens (including phenoxy) is 3. The Kier molecular flexibility index (Phi) is 8.15. The molecule has 0 aromatic heterocycles. The Labute approximate surface area is 110 Å². The maximum Gasteiger partial charge on any atom is 0.325 e. The molecule has 0 heterocycles. The fourth-order valence-electron chi connectivity index (χ4n) is 1.57. The van der Waals surface area contributed by atoms with Crippen molar-refractivity contribution in [2.75, 3.05) is 19.8 Å². The van der Waals surface area contributed by atoms with E-state index in [0.717, 1.165) is 0 Å². The van der Waals surface area contributed by atoms with E-state index >= 15 is 0 Å². The van der Waals surface area contributed by atoms with Crippen LogP contribution in [0.3, 0.4) is 0 Å². The van der Waals surface area contributed by atoms with Crippen LogP contribution in [-0.4, -0.2) is 43.5 Å². The highest BCUT2D eigenvalue weighted by Gasteiger charge is 2.32. The summed E-state index contributed by atoms with van der Waals surface area (Å²) in [5.74, 6) is -0.390. The van der Waals surface area contributed by atoms with Crippen LogP contribution >= 0.6 is 0 Å². The molecule has 0 bridgehead atoms. The first-order valence-corrected chi connectivity index (χ1v) is 6.49. The van der Waals surface area contributed by atoms with E-state index < -0.39 is 5.54 Å². The highest BCUT2D eigenvalue weighted by molar-refractivity contribution is 5.80. The van der Waals surface area contributed by atoms with Crippen LogP contribution in [0.15, 0.2) is 0 Å². The third-order valence-corrected chi connectivity index (χ3v) is 2.39. The summed E-state index contributed by atoms with van der Waals surface area (Å²) in [5, 5.41) is 0. The molecule has 0 aliphatic heterocycles. The van der Waals surface area contributed by atoms with Crippen LogP contribution in [0, 0.1) is 0 Å². The number of carbonyl (C=O) groups is 1. The van der Waals surface area contributed by atoms with Gasteiger partial charge in [-0.05, 0) is 34.6 Å². The van der Waals surface area contributed by atoms with Crippen molar-refractivity contribution in [3.05, 3.63) is 0 Å². The summed E-state index contributed by atoms with van der Waals surface area (Å²) in [6.45, 7) is 10.6. The van der Waals surface area contributed by atoms with E-state index in [2.05, 4.69) is 0 Å². The molecule has 5 heteroatoms. The van der Waals surface area contributed by atoms with Crippen molar-refractivity contribution in [1.29, 1.82) is 0 Å². The zero-order chi connectivity index (χ0) is 14.2. The van der Waals surface area contributed by atoms with Crippen LogP contribution in [0.1, 0.15) is 41.0 Å². The van der Waals surface area contributed by atoms with E-state index in [-0.39, 0.29) is 18.2 Å². The Balaban J connectivity index is 3.91. The van der Waals surface area contributed by atoms with Crippen molar-refractivity contribution in [1.82, 2.24) is 0 Å². The van der Waals surface area contributed by atoms with E-state index in [4.69, 9.17) is 19.9 Å². The predicted octanol–water partition coefficient (Wildman–Crippen LogP) is 1.49. The minimum Gasteiger partial charge on any atom is -0.465 e. The second kappa shape index (κ2) is 8.45. The number of carbonyl (C=O) groups excluding carboxylic acids is 1. The Morgan fingerprint density at radius 3 is 2.28 bits per heavy atom. The molecule has 108 valence electrons. The highest BCUT2D eigenvalue weighted by atomic mass is 16.5. The zero-order valence-electron chi connectivity index (χ0n) is 12.2. The average molecular weight is 261 g/mol. The standard InChI is InChI=1S/C13H27NO4/c1-6-16-12(15)13(5,14)9-11(4)18-8-7-17-10(2)3/h10-11H,6-9,14H2,1-5H3. The maximum absolute atomic E-state index is 11.6. The van der Waals surface area contributed by atoms with Crippen molar-refractivity contribution in [3.8, 4) is 0 Å². The molecule has 18 heavy (non-hydrogen) atoms. The Hall–Kier alpha value is -0.650. The van der Waals surface area contributed by atoms with Crippen LogP contribution in [0.2, 0.25) is 0 Å². The van der Waals surface area contributed by atoms with Crippen LogP contribution in [0.25, 0.3) is 0 Å². The molecule has 0 aliphatic rings.